The van der Waals surface area contributed by atoms with E-state index < -0.39 is 0 Å². The monoisotopic (exact) mass is 365 g/mol. The summed E-state index contributed by atoms with van der Waals surface area (Å²) in [7, 11) is 0. The molecule has 0 radical (unpaired) electrons. The molecule has 26 heavy (non-hydrogen) atoms. The second-order valence-electron chi connectivity index (χ2n) is 6.33. The minimum Gasteiger partial charge on any atom is -0.353 e. The summed E-state index contributed by atoms with van der Waals surface area (Å²) >= 11 is 6.03. The summed E-state index contributed by atoms with van der Waals surface area (Å²) in [5, 5.41) is 12.3. The van der Waals surface area contributed by atoms with Crippen molar-refractivity contribution in [2.75, 3.05) is 23.3 Å². The van der Waals surface area contributed by atoms with Crippen molar-refractivity contribution in [2.45, 2.75) is 19.3 Å². The van der Waals surface area contributed by atoms with Crippen LogP contribution in [0.2, 0.25) is 5.02 Å². The number of nitrogens with zero attached hydrogens (tertiary/aromatic N) is 4. The van der Waals surface area contributed by atoms with Gasteiger partial charge in [-0.05, 0) is 48.6 Å². The smallest absolute Gasteiger partial charge is 0.244 e. The summed E-state index contributed by atoms with van der Waals surface area (Å²) in [4.78, 5) is 6.88. The molecule has 0 amide bonds. The number of aromatic nitrogens is 3. The van der Waals surface area contributed by atoms with Crippen LogP contribution in [0.4, 0.5) is 17.5 Å². The van der Waals surface area contributed by atoms with Crippen LogP contribution in [0.15, 0.2) is 54.7 Å². The number of rotatable bonds is 5. The Balaban J connectivity index is 1.46. The molecule has 4 rings (SSSR count). The quantitative estimate of drug-likeness (QED) is 0.732. The van der Waals surface area contributed by atoms with Gasteiger partial charge in [-0.25, -0.2) is 0 Å². The number of para-hydroxylation sites is 1. The van der Waals surface area contributed by atoms with Crippen LogP contribution in [-0.2, 0) is 12.8 Å². The lowest BCUT2D eigenvalue weighted by Gasteiger charge is -2.30. The van der Waals surface area contributed by atoms with Crippen molar-refractivity contribution in [3.8, 4) is 0 Å². The molecule has 1 N–H and O–H groups in total. The van der Waals surface area contributed by atoms with Crippen LogP contribution >= 0.6 is 11.6 Å². The van der Waals surface area contributed by atoms with Crippen molar-refractivity contribution in [1.82, 2.24) is 15.2 Å². The van der Waals surface area contributed by atoms with Gasteiger partial charge in [0.15, 0.2) is 5.82 Å². The van der Waals surface area contributed by atoms with E-state index >= 15 is 0 Å². The molecule has 0 saturated heterocycles. The molecular weight excluding hydrogens is 346 g/mol. The molecule has 132 valence electrons. The van der Waals surface area contributed by atoms with Gasteiger partial charge in [-0.15, -0.1) is 5.10 Å². The predicted octanol–water partition coefficient (Wildman–Crippen LogP) is 4.26. The van der Waals surface area contributed by atoms with E-state index in [2.05, 4.69) is 55.7 Å². The fourth-order valence-electron chi connectivity index (χ4n) is 3.28. The summed E-state index contributed by atoms with van der Waals surface area (Å²) in [6.07, 6.45) is 4.79. The standard InChI is InChI=1S/C20H20ClN5/c21-17-8-3-5-15(13-17)10-11-22-20-24-19(14-23-25-20)26-12-4-7-16-6-1-2-9-18(16)26/h1-3,5-6,8-9,13-14H,4,7,10-12H2,(H,22,24,25). The Kier molecular flexibility index (Phi) is 4.97. The lowest BCUT2D eigenvalue weighted by atomic mass is 10.0. The molecule has 0 atom stereocenters. The van der Waals surface area contributed by atoms with E-state index in [0.717, 1.165) is 43.2 Å². The third-order valence-electron chi connectivity index (χ3n) is 4.52. The van der Waals surface area contributed by atoms with E-state index in [0.29, 0.717) is 5.95 Å². The Labute approximate surface area is 158 Å². The Morgan fingerprint density at radius 1 is 1.12 bits per heavy atom. The van der Waals surface area contributed by atoms with Crippen molar-refractivity contribution in [3.05, 3.63) is 70.9 Å². The first-order chi connectivity index (χ1) is 12.8. The molecule has 0 aliphatic carbocycles. The second kappa shape index (κ2) is 7.70. The first-order valence-electron chi connectivity index (χ1n) is 8.83. The van der Waals surface area contributed by atoms with Crippen molar-refractivity contribution >= 4 is 29.1 Å². The third-order valence-corrected chi connectivity index (χ3v) is 4.75. The van der Waals surface area contributed by atoms with Crippen LogP contribution in [0.25, 0.3) is 0 Å². The Morgan fingerprint density at radius 2 is 2.04 bits per heavy atom. The average molecular weight is 366 g/mol. The summed E-state index contributed by atoms with van der Waals surface area (Å²) < 4.78 is 0. The summed E-state index contributed by atoms with van der Waals surface area (Å²) in [5.74, 6) is 1.38. The molecule has 0 fully saturated rings. The second-order valence-corrected chi connectivity index (χ2v) is 6.77. The van der Waals surface area contributed by atoms with Gasteiger partial charge in [0, 0.05) is 23.8 Å². The van der Waals surface area contributed by atoms with Gasteiger partial charge < -0.3 is 10.2 Å². The van der Waals surface area contributed by atoms with E-state index in [9.17, 15) is 0 Å². The molecule has 3 aromatic rings. The third kappa shape index (κ3) is 3.78. The van der Waals surface area contributed by atoms with Gasteiger partial charge in [-0.3, -0.25) is 0 Å². The number of fused-ring (bicyclic) bond motifs is 1. The number of hydrogen-bond acceptors (Lipinski definition) is 5. The number of anilines is 3. The van der Waals surface area contributed by atoms with Crippen LogP contribution in [-0.4, -0.2) is 28.3 Å². The average Bonchev–Trinajstić information content (AvgIpc) is 2.68. The molecular formula is C20H20ClN5. The zero-order valence-electron chi connectivity index (χ0n) is 14.4. The molecule has 1 aliphatic rings. The first kappa shape index (κ1) is 16.8. The highest BCUT2D eigenvalue weighted by molar-refractivity contribution is 6.30. The molecule has 5 nitrogen and oxygen atoms in total. The number of nitrogens with one attached hydrogen (secondary N) is 1. The van der Waals surface area contributed by atoms with Gasteiger partial charge in [-0.2, -0.15) is 10.1 Å². The van der Waals surface area contributed by atoms with Crippen LogP contribution in [0.3, 0.4) is 0 Å². The number of benzene rings is 2. The van der Waals surface area contributed by atoms with Crippen LogP contribution in [0, 0.1) is 0 Å². The maximum Gasteiger partial charge on any atom is 0.244 e. The molecule has 1 aliphatic heterocycles. The van der Waals surface area contributed by atoms with Crippen molar-refractivity contribution < 1.29 is 0 Å². The zero-order chi connectivity index (χ0) is 17.8. The Morgan fingerprint density at radius 3 is 2.96 bits per heavy atom. The summed E-state index contributed by atoms with van der Waals surface area (Å²) in [6.45, 7) is 1.67. The molecule has 0 saturated carbocycles. The highest BCUT2D eigenvalue weighted by atomic mass is 35.5. The lowest BCUT2D eigenvalue weighted by Crippen LogP contribution is -2.26. The highest BCUT2D eigenvalue weighted by Gasteiger charge is 2.19. The molecule has 2 heterocycles. The van der Waals surface area contributed by atoms with E-state index in [-0.39, 0.29) is 0 Å². The van der Waals surface area contributed by atoms with Crippen molar-refractivity contribution in [2.24, 2.45) is 0 Å². The predicted molar refractivity (Wildman–Crippen MR) is 105 cm³/mol. The van der Waals surface area contributed by atoms with Gasteiger partial charge in [0.1, 0.15) is 0 Å². The summed E-state index contributed by atoms with van der Waals surface area (Å²) in [5.41, 5.74) is 3.75. The minimum absolute atomic E-state index is 0.549. The van der Waals surface area contributed by atoms with Gasteiger partial charge in [0.25, 0.3) is 0 Å². The molecule has 0 bridgehead atoms. The van der Waals surface area contributed by atoms with Crippen LogP contribution in [0.5, 0.6) is 0 Å². The molecule has 1 aromatic heterocycles. The SMILES string of the molecule is Clc1cccc(CCNc2nncc(N3CCCc4ccccc43)n2)c1. The van der Waals surface area contributed by atoms with Gasteiger partial charge >= 0.3 is 0 Å². The van der Waals surface area contributed by atoms with Crippen LogP contribution in [0.1, 0.15) is 17.5 Å². The van der Waals surface area contributed by atoms with Crippen LogP contribution < -0.4 is 10.2 Å². The summed E-state index contributed by atoms with van der Waals surface area (Å²) in [6, 6.07) is 16.4. The van der Waals surface area contributed by atoms with Gasteiger partial charge in [0.05, 0.1) is 6.20 Å². The lowest BCUT2D eigenvalue weighted by molar-refractivity contribution is 0.754. The topological polar surface area (TPSA) is 53.9 Å². The first-order valence-corrected chi connectivity index (χ1v) is 9.21. The maximum atomic E-state index is 6.03. The number of halogens is 1. The molecule has 2 aromatic carbocycles. The molecule has 6 heteroatoms. The van der Waals surface area contributed by atoms with E-state index in [1.165, 1.54) is 16.8 Å². The zero-order valence-corrected chi connectivity index (χ0v) is 15.2. The van der Waals surface area contributed by atoms with E-state index in [1.54, 1.807) is 6.20 Å². The fraction of sp³-hybridized carbons (Fsp3) is 0.250. The van der Waals surface area contributed by atoms with Crippen molar-refractivity contribution in [1.29, 1.82) is 0 Å². The van der Waals surface area contributed by atoms with E-state index in [4.69, 9.17) is 11.6 Å². The van der Waals surface area contributed by atoms with Crippen molar-refractivity contribution in [3.63, 3.8) is 0 Å². The normalized spacial score (nSPS) is 13.3. The number of hydrogen-bond donors (Lipinski definition) is 1. The van der Waals surface area contributed by atoms with Gasteiger partial charge in [0.2, 0.25) is 5.95 Å². The Bertz CT molecular complexity index is 899. The molecule has 0 spiro atoms. The number of aryl methyl sites for hydroxylation is 1. The minimum atomic E-state index is 0.549. The molecule has 0 unspecified atom stereocenters. The highest BCUT2D eigenvalue weighted by Crippen LogP contribution is 2.31. The van der Waals surface area contributed by atoms with E-state index in [1.807, 2.05) is 18.2 Å². The fourth-order valence-corrected chi connectivity index (χ4v) is 3.50. The largest absolute Gasteiger partial charge is 0.353 e. The van der Waals surface area contributed by atoms with Gasteiger partial charge in [-0.1, -0.05) is 41.9 Å². The Hall–Kier alpha value is -2.66. The maximum absolute atomic E-state index is 6.03.